The van der Waals surface area contributed by atoms with Gasteiger partial charge in [-0.25, -0.2) is 0 Å². The van der Waals surface area contributed by atoms with Crippen LogP contribution >= 0.6 is 0 Å². The zero-order chi connectivity index (χ0) is 39.1. The van der Waals surface area contributed by atoms with Crippen molar-refractivity contribution in [2.24, 2.45) is 11.5 Å². The van der Waals surface area contributed by atoms with Gasteiger partial charge in [-0.3, -0.25) is 9.59 Å². The van der Waals surface area contributed by atoms with Crippen LogP contribution < -0.4 is 32.7 Å². The summed E-state index contributed by atoms with van der Waals surface area (Å²) in [5.41, 5.74) is 10.3. The van der Waals surface area contributed by atoms with Crippen LogP contribution in [0.1, 0.15) is 205 Å². The molecule has 0 bridgehead atoms. The van der Waals surface area contributed by atoms with Gasteiger partial charge in [0, 0.05) is 52.1 Å². The molecule has 0 atom stereocenters. The van der Waals surface area contributed by atoms with Crippen LogP contribution in [-0.4, -0.2) is 64.2 Å². The van der Waals surface area contributed by atoms with Crippen molar-refractivity contribution in [2.75, 3.05) is 52.4 Å². The molecule has 0 unspecified atom stereocenters. The quantitative estimate of drug-likeness (QED) is 0.0270. The van der Waals surface area contributed by atoms with E-state index < -0.39 is 0 Å². The first-order valence-electron chi connectivity index (χ1n) is 23.3. The molecule has 0 saturated carbocycles. The predicted octanol–water partition coefficient (Wildman–Crippen LogP) is 9.91. The monoisotopic (exact) mass is 761 g/mol. The van der Waals surface area contributed by atoms with Gasteiger partial charge in [0.05, 0.1) is 0 Å². The molecule has 0 heterocycles. The molecule has 0 fully saturated rings. The van der Waals surface area contributed by atoms with E-state index in [-0.39, 0.29) is 11.8 Å². The van der Waals surface area contributed by atoms with Crippen molar-refractivity contribution in [1.29, 1.82) is 0 Å². The molecule has 0 aliphatic carbocycles. The lowest BCUT2D eigenvalue weighted by Crippen LogP contribution is -2.35. The molecule has 0 aliphatic heterocycles. The van der Waals surface area contributed by atoms with E-state index in [1.807, 2.05) is 0 Å². The summed E-state index contributed by atoms with van der Waals surface area (Å²) in [5.74, 6) is -0.334. The SMILES string of the molecule is NC(=O)CCCCCCC/C=C\CCCCCCCCCCNCCNCCNCCNCCCCCCCCCC/C=C\CCCCCCCC(N)=O. The maximum Gasteiger partial charge on any atom is 0.217 e. The van der Waals surface area contributed by atoms with Gasteiger partial charge in [-0.2, -0.15) is 0 Å². The van der Waals surface area contributed by atoms with Gasteiger partial charge in [-0.15, -0.1) is 0 Å². The lowest BCUT2D eigenvalue weighted by Gasteiger charge is -2.09. The third-order valence-electron chi connectivity index (χ3n) is 10.3. The Labute approximate surface area is 335 Å². The van der Waals surface area contributed by atoms with E-state index in [1.54, 1.807) is 0 Å². The standard InChI is InChI=1S/C46H92N6O2/c47-45(53)35-31-27-23-19-15-11-7-3-1-5-9-13-17-21-25-29-33-37-49-39-41-51-43-44-52-42-40-50-38-34-30-26-22-18-14-10-6-2-4-8-12-16-20-24-28-32-36-46(48)54/h3-4,7-8,49-52H,1-2,5-6,9-44H2,(H2,47,53)(H2,48,54)/b7-3-,8-4-. The maximum atomic E-state index is 10.7. The van der Waals surface area contributed by atoms with Crippen LogP contribution in [0.5, 0.6) is 0 Å². The molecule has 0 aromatic heterocycles. The van der Waals surface area contributed by atoms with Crippen molar-refractivity contribution < 1.29 is 9.59 Å². The molecule has 0 rings (SSSR count). The molecule has 0 aromatic carbocycles. The summed E-state index contributed by atoms with van der Waals surface area (Å²) in [4.78, 5) is 21.4. The number of allylic oxidation sites excluding steroid dienone is 4. The highest BCUT2D eigenvalue weighted by atomic mass is 16.1. The summed E-state index contributed by atoms with van der Waals surface area (Å²) in [7, 11) is 0. The molecular formula is C46H92N6O2. The summed E-state index contributed by atoms with van der Waals surface area (Å²) in [6.07, 6.45) is 49.0. The second kappa shape index (κ2) is 47.4. The fraction of sp³-hybridized carbons (Fsp3) is 0.870. The van der Waals surface area contributed by atoms with Gasteiger partial charge in [0.25, 0.3) is 0 Å². The molecule has 0 spiro atoms. The van der Waals surface area contributed by atoms with Crippen molar-refractivity contribution in [1.82, 2.24) is 21.3 Å². The van der Waals surface area contributed by atoms with Crippen LogP contribution in [0.25, 0.3) is 0 Å². The minimum Gasteiger partial charge on any atom is -0.370 e. The smallest absolute Gasteiger partial charge is 0.217 e. The van der Waals surface area contributed by atoms with Gasteiger partial charge in [-0.1, -0.05) is 140 Å². The Balaban J connectivity index is 3.11. The minimum absolute atomic E-state index is 0.167. The van der Waals surface area contributed by atoms with Crippen LogP contribution in [0, 0.1) is 0 Å². The first-order chi connectivity index (χ1) is 26.6. The van der Waals surface area contributed by atoms with Gasteiger partial charge >= 0.3 is 0 Å². The lowest BCUT2D eigenvalue weighted by atomic mass is 10.1. The minimum atomic E-state index is -0.167. The Kier molecular flexibility index (Phi) is 45.9. The number of carbonyl (C=O) groups excluding carboxylic acids is 2. The molecule has 0 aliphatic rings. The molecule has 54 heavy (non-hydrogen) atoms. The van der Waals surface area contributed by atoms with E-state index in [9.17, 15) is 9.59 Å². The molecule has 0 radical (unpaired) electrons. The van der Waals surface area contributed by atoms with Crippen molar-refractivity contribution in [3.63, 3.8) is 0 Å². The zero-order valence-electron chi connectivity index (χ0n) is 35.6. The molecule has 8 nitrogen and oxygen atoms in total. The largest absolute Gasteiger partial charge is 0.370 e. The third kappa shape index (κ3) is 50.3. The van der Waals surface area contributed by atoms with Crippen molar-refractivity contribution >= 4 is 11.8 Å². The molecule has 8 N–H and O–H groups in total. The Morgan fingerprint density at radius 3 is 0.741 bits per heavy atom. The van der Waals surface area contributed by atoms with Crippen LogP contribution in [0.3, 0.4) is 0 Å². The number of amides is 2. The topological polar surface area (TPSA) is 134 Å². The molecule has 0 aromatic rings. The highest BCUT2D eigenvalue weighted by Crippen LogP contribution is 2.13. The second-order valence-electron chi connectivity index (χ2n) is 15.7. The summed E-state index contributed by atoms with van der Waals surface area (Å²) >= 11 is 0. The zero-order valence-corrected chi connectivity index (χ0v) is 35.6. The summed E-state index contributed by atoms with van der Waals surface area (Å²) < 4.78 is 0. The van der Waals surface area contributed by atoms with Crippen LogP contribution in [0.15, 0.2) is 24.3 Å². The van der Waals surface area contributed by atoms with Crippen molar-refractivity contribution in [3.05, 3.63) is 24.3 Å². The normalized spacial score (nSPS) is 11.8. The Hall–Kier alpha value is -1.74. The fourth-order valence-corrected chi connectivity index (χ4v) is 6.83. The van der Waals surface area contributed by atoms with Gasteiger partial charge in [0.2, 0.25) is 11.8 Å². The first kappa shape index (κ1) is 52.3. The number of nitrogens with one attached hydrogen (secondary N) is 4. The number of carbonyl (C=O) groups is 2. The Morgan fingerprint density at radius 2 is 0.481 bits per heavy atom. The van der Waals surface area contributed by atoms with Gasteiger partial charge in [0.1, 0.15) is 0 Å². The third-order valence-corrected chi connectivity index (χ3v) is 10.3. The summed E-state index contributed by atoms with van der Waals surface area (Å²) in [5, 5.41) is 14.3. The maximum absolute atomic E-state index is 10.7. The van der Waals surface area contributed by atoms with Crippen LogP contribution in [0.2, 0.25) is 0 Å². The van der Waals surface area contributed by atoms with E-state index >= 15 is 0 Å². The first-order valence-corrected chi connectivity index (χ1v) is 23.3. The lowest BCUT2D eigenvalue weighted by molar-refractivity contribution is -0.119. The predicted molar refractivity (Wildman–Crippen MR) is 236 cm³/mol. The number of hydrogen-bond acceptors (Lipinski definition) is 6. The van der Waals surface area contributed by atoms with Gasteiger partial charge in [0.15, 0.2) is 0 Å². The molecule has 8 heteroatoms. The molecule has 0 saturated heterocycles. The average molecular weight is 761 g/mol. The van der Waals surface area contributed by atoms with Crippen LogP contribution in [0.4, 0.5) is 0 Å². The Bertz CT molecular complexity index is 755. The van der Waals surface area contributed by atoms with Crippen molar-refractivity contribution in [3.8, 4) is 0 Å². The number of nitrogens with two attached hydrogens (primary N) is 2. The molecule has 318 valence electrons. The van der Waals surface area contributed by atoms with Crippen molar-refractivity contribution in [2.45, 2.75) is 205 Å². The number of hydrogen-bond donors (Lipinski definition) is 6. The average Bonchev–Trinajstić information content (AvgIpc) is 3.15. The second-order valence-corrected chi connectivity index (χ2v) is 15.7. The fourth-order valence-electron chi connectivity index (χ4n) is 6.83. The van der Waals surface area contributed by atoms with Gasteiger partial charge < -0.3 is 32.7 Å². The van der Waals surface area contributed by atoms with Gasteiger partial charge in [-0.05, 0) is 90.1 Å². The summed E-state index contributed by atoms with van der Waals surface area (Å²) in [6, 6.07) is 0. The van der Waals surface area contributed by atoms with Crippen LogP contribution in [-0.2, 0) is 9.59 Å². The summed E-state index contributed by atoms with van der Waals surface area (Å²) in [6.45, 7) is 8.62. The highest BCUT2D eigenvalue weighted by molar-refractivity contribution is 5.73. The van der Waals surface area contributed by atoms with E-state index in [1.165, 1.54) is 167 Å². The molecule has 2 amide bonds. The van der Waals surface area contributed by atoms with E-state index in [2.05, 4.69) is 45.6 Å². The highest BCUT2D eigenvalue weighted by Gasteiger charge is 1.97. The van der Waals surface area contributed by atoms with E-state index in [0.717, 1.165) is 78.0 Å². The van der Waals surface area contributed by atoms with E-state index in [0.29, 0.717) is 12.8 Å². The number of unbranched alkanes of at least 4 members (excludes halogenated alkanes) is 26. The molecular weight excluding hydrogens is 669 g/mol. The van der Waals surface area contributed by atoms with E-state index in [4.69, 9.17) is 11.5 Å². The Morgan fingerprint density at radius 1 is 0.278 bits per heavy atom. The number of rotatable bonds is 47. The number of primary amides is 2.